The number of rotatable bonds is 4. The van der Waals surface area contributed by atoms with Gasteiger partial charge < -0.3 is 5.32 Å². The Morgan fingerprint density at radius 3 is 2.76 bits per heavy atom. The molecule has 17 heavy (non-hydrogen) atoms. The van der Waals surface area contributed by atoms with Gasteiger partial charge in [0.25, 0.3) is 0 Å². The van der Waals surface area contributed by atoms with E-state index in [0.29, 0.717) is 5.41 Å². The van der Waals surface area contributed by atoms with Crippen LogP contribution in [0.15, 0.2) is 0 Å². The standard InChI is InChI=1S/C14H22N2S/c1-4-15-14(3,13(2)8-9-13)12-16-10-6-5-7-11(10)17-12/h15H,4-9H2,1-3H3. The average molecular weight is 250 g/mol. The highest BCUT2D eigenvalue weighted by atomic mass is 32.1. The molecule has 1 aromatic heterocycles. The molecule has 1 unspecified atom stereocenters. The van der Waals surface area contributed by atoms with Crippen LogP contribution >= 0.6 is 11.3 Å². The summed E-state index contributed by atoms with van der Waals surface area (Å²) in [6, 6.07) is 0. The zero-order valence-corrected chi connectivity index (χ0v) is 11.9. The minimum atomic E-state index is 0.0940. The predicted molar refractivity (Wildman–Crippen MR) is 72.5 cm³/mol. The molecule has 0 bridgehead atoms. The Labute approximate surface area is 108 Å². The SMILES string of the molecule is CCNC(C)(c1nc2c(s1)CCC2)C1(C)CC1. The van der Waals surface area contributed by atoms with E-state index in [1.807, 2.05) is 11.3 Å². The normalized spacial score (nSPS) is 24.4. The summed E-state index contributed by atoms with van der Waals surface area (Å²) < 4.78 is 0. The molecule has 94 valence electrons. The van der Waals surface area contributed by atoms with Crippen LogP contribution in [0.2, 0.25) is 0 Å². The number of nitrogens with zero attached hydrogens (tertiary/aromatic N) is 1. The summed E-state index contributed by atoms with van der Waals surface area (Å²) in [7, 11) is 0. The van der Waals surface area contributed by atoms with E-state index < -0.39 is 0 Å². The lowest BCUT2D eigenvalue weighted by atomic mass is 9.84. The van der Waals surface area contributed by atoms with Gasteiger partial charge in [0.2, 0.25) is 0 Å². The molecule has 0 amide bonds. The third-order valence-corrected chi connectivity index (χ3v) is 6.14. The minimum absolute atomic E-state index is 0.0940. The Kier molecular flexibility index (Phi) is 2.60. The van der Waals surface area contributed by atoms with Crippen molar-refractivity contribution in [3.05, 3.63) is 15.6 Å². The van der Waals surface area contributed by atoms with E-state index in [-0.39, 0.29) is 5.54 Å². The summed E-state index contributed by atoms with van der Waals surface area (Å²) in [5.74, 6) is 0. The van der Waals surface area contributed by atoms with Gasteiger partial charge in [-0.05, 0) is 51.0 Å². The van der Waals surface area contributed by atoms with E-state index in [1.54, 1.807) is 4.88 Å². The second kappa shape index (κ2) is 3.79. The van der Waals surface area contributed by atoms with E-state index in [4.69, 9.17) is 4.98 Å². The van der Waals surface area contributed by atoms with Crippen molar-refractivity contribution in [1.29, 1.82) is 0 Å². The van der Waals surface area contributed by atoms with Crippen LogP contribution in [0.25, 0.3) is 0 Å². The van der Waals surface area contributed by atoms with Gasteiger partial charge in [0.1, 0.15) is 5.01 Å². The van der Waals surface area contributed by atoms with Crippen molar-refractivity contribution in [3.63, 3.8) is 0 Å². The Bertz CT molecular complexity index is 412. The number of nitrogens with one attached hydrogen (secondary N) is 1. The quantitative estimate of drug-likeness (QED) is 0.887. The lowest BCUT2D eigenvalue weighted by Crippen LogP contribution is -2.46. The topological polar surface area (TPSA) is 24.9 Å². The summed E-state index contributed by atoms with van der Waals surface area (Å²) in [6.45, 7) is 7.99. The molecule has 0 aromatic carbocycles. The Morgan fingerprint density at radius 1 is 1.41 bits per heavy atom. The fourth-order valence-corrected chi connectivity index (χ4v) is 4.42. The van der Waals surface area contributed by atoms with Gasteiger partial charge in [0, 0.05) is 4.88 Å². The second-order valence-corrected chi connectivity index (χ2v) is 7.04. The molecule has 0 saturated heterocycles. The fraction of sp³-hybridized carbons (Fsp3) is 0.786. The summed E-state index contributed by atoms with van der Waals surface area (Å²) in [6.07, 6.45) is 6.43. The molecule has 1 heterocycles. The van der Waals surface area contributed by atoms with Gasteiger partial charge in [0.05, 0.1) is 11.2 Å². The van der Waals surface area contributed by atoms with Gasteiger partial charge in [-0.15, -0.1) is 11.3 Å². The van der Waals surface area contributed by atoms with E-state index >= 15 is 0 Å². The van der Waals surface area contributed by atoms with Crippen molar-refractivity contribution in [2.75, 3.05) is 6.54 Å². The smallest absolute Gasteiger partial charge is 0.114 e. The highest BCUT2D eigenvalue weighted by molar-refractivity contribution is 7.12. The van der Waals surface area contributed by atoms with Crippen molar-refractivity contribution in [1.82, 2.24) is 10.3 Å². The maximum atomic E-state index is 4.94. The van der Waals surface area contributed by atoms with Crippen LogP contribution in [-0.2, 0) is 18.4 Å². The van der Waals surface area contributed by atoms with Crippen LogP contribution < -0.4 is 5.32 Å². The summed E-state index contributed by atoms with van der Waals surface area (Å²) in [5.41, 5.74) is 1.91. The number of hydrogen-bond acceptors (Lipinski definition) is 3. The highest BCUT2D eigenvalue weighted by Gasteiger charge is 2.55. The summed E-state index contributed by atoms with van der Waals surface area (Å²) in [5, 5.41) is 5.05. The highest BCUT2D eigenvalue weighted by Crippen LogP contribution is 2.58. The van der Waals surface area contributed by atoms with E-state index in [0.717, 1.165) is 6.54 Å². The van der Waals surface area contributed by atoms with Gasteiger partial charge >= 0.3 is 0 Å². The van der Waals surface area contributed by atoms with E-state index in [1.165, 1.54) is 42.8 Å². The molecule has 2 aliphatic rings. The monoisotopic (exact) mass is 250 g/mol. The van der Waals surface area contributed by atoms with Crippen molar-refractivity contribution >= 4 is 11.3 Å². The number of aryl methyl sites for hydroxylation is 2. The number of thiazole rings is 1. The molecule has 1 atom stereocenters. The second-order valence-electron chi connectivity index (χ2n) is 5.96. The first-order valence-electron chi connectivity index (χ1n) is 6.83. The molecule has 0 radical (unpaired) electrons. The predicted octanol–water partition coefficient (Wildman–Crippen LogP) is 3.26. The first-order chi connectivity index (χ1) is 8.09. The molecule has 1 fully saturated rings. The third-order valence-electron chi connectivity index (χ3n) is 4.76. The molecule has 2 nitrogen and oxygen atoms in total. The maximum Gasteiger partial charge on any atom is 0.114 e. The van der Waals surface area contributed by atoms with Gasteiger partial charge in [-0.1, -0.05) is 13.8 Å². The first kappa shape index (κ1) is 11.7. The van der Waals surface area contributed by atoms with Crippen molar-refractivity contribution in [2.45, 2.75) is 58.4 Å². The van der Waals surface area contributed by atoms with E-state index in [9.17, 15) is 0 Å². The maximum absolute atomic E-state index is 4.94. The van der Waals surface area contributed by atoms with Crippen LogP contribution in [-0.4, -0.2) is 11.5 Å². The van der Waals surface area contributed by atoms with Gasteiger partial charge in [-0.25, -0.2) is 4.98 Å². The van der Waals surface area contributed by atoms with Crippen LogP contribution in [0.5, 0.6) is 0 Å². The number of fused-ring (bicyclic) bond motifs is 1. The largest absolute Gasteiger partial charge is 0.305 e. The lowest BCUT2D eigenvalue weighted by molar-refractivity contribution is 0.230. The molecule has 0 spiro atoms. The Balaban J connectivity index is 1.97. The molecule has 0 aliphatic heterocycles. The van der Waals surface area contributed by atoms with Crippen LogP contribution in [0.3, 0.4) is 0 Å². The van der Waals surface area contributed by atoms with Crippen molar-refractivity contribution < 1.29 is 0 Å². The molecule has 1 aromatic rings. The van der Waals surface area contributed by atoms with Crippen LogP contribution in [0, 0.1) is 5.41 Å². The average Bonchev–Trinajstić information content (AvgIpc) is 2.75. The zero-order chi connectivity index (χ0) is 12.1. The Morgan fingerprint density at radius 2 is 2.18 bits per heavy atom. The Hall–Kier alpha value is -0.410. The number of aromatic nitrogens is 1. The van der Waals surface area contributed by atoms with Crippen LogP contribution in [0.1, 0.15) is 55.6 Å². The molecule has 1 saturated carbocycles. The van der Waals surface area contributed by atoms with Gasteiger partial charge in [-0.2, -0.15) is 0 Å². The summed E-state index contributed by atoms with van der Waals surface area (Å²) >= 11 is 1.96. The van der Waals surface area contributed by atoms with Gasteiger partial charge in [-0.3, -0.25) is 0 Å². The minimum Gasteiger partial charge on any atom is -0.305 e. The van der Waals surface area contributed by atoms with Crippen molar-refractivity contribution in [2.24, 2.45) is 5.41 Å². The first-order valence-corrected chi connectivity index (χ1v) is 7.65. The molecule has 3 heteroatoms. The van der Waals surface area contributed by atoms with Crippen molar-refractivity contribution in [3.8, 4) is 0 Å². The fourth-order valence-electron chi connectivity index (χ4n) is 2.99. The third kappa shape index (κ3) is 1.66. The molecule has 3 rings (SSSR count). The number of hydrogen-bond donors (Lipinski definition) is 1. The zero-order valence-electron chi connectivity index (χ0n) is 11.1. The molecule has 2 aliphatic carbocycles. The van der Waals surface area contributed by atoms with E-state index in [2.05, 4.69) is 26.1 Å². The van der Waals surface area contributed by atoms with Crippen LogP contribution in [0.4, 0.5) is 0 Å². The molecular weight excluding hydrogens is 228 g/mol. The molecular formula is C14H22N2S. The van der Waals surface area contributed by atoms with Gasteiger partial charge in [0.15, 0.2) is 0 Å². The lowest BCUT2D eigenvalue weighted by Gasteiger charge is -2.35. The molecule has 1 N–H and O–H groups in total. The summed E-state index contributed by atoms with van der Waals surface area (Å²) in [4.78, 5) is 6.49.